The summed E-state index contributed by atoms with van der Waals surface area (Å²) in [5.41, 5.74) is 3.88. The van der Waals surface area contributed by atoms with E-state index >= 15 is 0 Å². The predicted molar refractivity (Wildman–Crippen MR) is 66.9 cm³/mol. The van der Waals surface area contributed by atoms with Crippen LogP contribution in [-0.4, -0.2) is 22.1 Å². The van der Waals surface area contributed by atoms with Crippen LogP contribution in [0, 0.1) is 5.92 Å². The van der Waals surface area contributed by atoms with Crippen molar-refractivity contribution < 1.29 is 4.79 Å². The van der Waals surface area contributed by atoms with Crippen molar-refractivity contribution in [3.63, 3.8) is 0 Å². The van der Waals surface area contributed by atoms with Gasteiger partial charge in [0.1, 0.15) is 11.2 Å². The van der Waals surface area contributed by atoms with E-state index < -0.39 is 0 Å². The van der Waals surface area contributed by atoms with E-state index in [9.17, 15) is 4.79 Å². The summed E-state index contributed by atoms with van der Waals surface area (Å²) < 4.78 is 0. The minimum absolute atomic E-state index is 0.0706. The van der Waals surface area contributed by atoms with Gasteiger partial charge in [0.2, 0.25) is 0 Å². The number of aromatic nitrogens is 2. The lowest BCUT2D eigenvalue weighted by atomic mass is 10.1. The number of H-pyrrole nitrogens is 1. The molecule has 1 atom stereocenters. The summed E-state index contributed by atoms with van der Waals surface area (Å²) in [4.78, 5) is 12.1. The van der Waals surface area contributed by atoms with E-state index in [0.29, 0.717) is 11.6 Å². The number of carbonyl (C=O) groups excluding carboxylic acids is 1. The third-order valence-electron chi connectivity index (χ3n) is 3.47. The number of carbonyl (C=O) groups is 1. The third-order valence-corrected chi connectivity index (χ3v) is 3.47. The van der Waals surface area contributed by atoms with Gasteiger partial charge in [-0.2, -0.15) is 5.10 Å². The molecule has 0 saturated heterocycles. The number of benzene rings is 1. The second-order valence-corrected chi connectivity index (χ2v) is 5.02. The maximum absolute atomic E-state index is 12.1. The Morgan fingerprint density at radius 3 is 2.82 bits per heavy atom. The highest BCUT2D eigenvalue weighted by Gasteiger charge is 2.25. The second-order valence-electron chi connectivity index (χ2n) is 5.02. The van der Waals surface area contributed by atoms with Gasteiger partial charge in [-0.05, 0) is 30.5 Å². The molecule has 17 heavy (non-hydrogen) atoms. The molecule has 0 aromatic carbocycles. The van der Waals surface area contributed by atoms with Crippen LogP contribution in [0.25, 0.3) is 22.0 Å². The van der Waals surface area contributed by atoms with E-state index in [2.05, 4.69) is 35.4 Å². The molecule has 0 radical (unpaired) electrons. The van der Waals surface area contributed by atoms with Crippen LogP contribution in [0.3, 0.4) is 0 Å². The Morgan fingerprint density at radius 2 is 2.12 bits per heavy atom. The maximum Gasteiger partial charge on any atom is 0.270 e. The van der Waals surface area contributed by atoms with Gasteiger partial charge in [0.05, 0.1) is 0 Å². The number of hydrogen-bond acceptors (Lipinski definition) is 2. The molecule has 1 aromatic heterocycles. The molecule has 1 aromatic rings. The Morgan fingerprint density at radius 1 is 1.35 bits per heavy atom. The van der Waals surface area contributed by atoms with E-state index in [-0.39, 0.29) is 11.9 Å². The number of nitrogens with zero attached hydrogens (tertiary/aromatic N) is 1. The van der Waals surface area contributed by atoms with Crippen LogP contribution in [0.1, 0.15) is 31.3 Å². The molecule has 0 bridgehead atoms. The molecule has 0 unspecified atom stereocenters. The fourth-order valence-corrected chi connectivity index (χ4v) is 1.91. The Labute approximate surface area is 99.4 Å². The normalized spacial score (nSPS) is 14.1. The monoisotopic (exact) mass is 229 g/mol. The fourth-order valence-electron chi connectivity index (χ4n) is 1.91. The molecule has 1 amide bonds. The average Bonchev–Trinajstić information content (AvgIpc) is 2.76. The zero-order valence-electron chi connectivity index (χ0n) is 10.2. The Hall–Kier alpha value is -1.84. The molecule has 2 aliphatic carbocycles. The molecule has 3 rings (SSSR count). The van der Waals surface area contributed by atoms with Crippen LogP contribution in [0.2, 0.25) is 0 Å². The van der Waals surface area contributed by atoms with Gasteiger partial charge in [0.15, 0.2) is 0 Å². The van der Waals surface area contributed by atoms with E-state index in [1.54, 1.807) is 0 Å². The lowest BCUT2D eigenvalue weighted by molar-refractivity contribution is 0.0927. The number of nitrogens with one attached hydrogen (secondary N) is 2. The number of rotatable bonds is 3. The van der Waals surface area contributed by atoms with Crippen LogP contribution in [0.4, 0.5) is 0 Å². The van der Waals surface area contributed by atoms with E-state index in [1.807, 2.05) is 13.0 Å². The van der Waals surface area contributed by atoms with Gasteiger partial charge in [-0.3, -0.25) is 9.89 Å². The van der Waals surface area contributed by atoms with Crippen molar-refractivity contribution in [1.29, 1.82) is 0 Å². The van der Waals surface area contributed by atoms with Crippen molar-refractivity contribution in [3.8, 4) is 11.1 Å². The van der Waals surface area contributed by atoms with Crippen molar-refractivity contribution >= 4 is 16.8 Å². The van der Waals surface area contributed by atoms with Crippen molar-refractivity contribution in [2.45, 2.75) is 26.8 Å². The summed E-state index contributed by atoms with van der Waals surface area (Å²) in [7, 11) is 0. The highest BCUT2D eigenvalue weighted by molar-refractivity contribution is 6.14. The summed E-state index contributed by atoms with van der Waals surface area (Å²) in [6.07, 6.45) is 0. The number of fused-ring (bicyclic) bond motifs is 3. The van der Waals surface area contributed by atoms with Gasteiger partial charge in [0.25, 0.3) is 5.91 Å². The fraction of sp³-hybridized carbons (Fsp3) is 0.385. The first-order valence-corrected chi connectivity index (χ1v) is 5.91. The van der Waals surface area contributed by atoms with E-state index in [0.717, 1.165) is 10.9 Å². The average molecular weight is 229 g/mol. The summed E-state index contributed by atoms with van der Waals surface area (Å²) in [5.74, 6) is 0.350. The lowest BCUT2D eigenvalue weighted by Gasteiger charge is -2.16. The van der Waals surface area contributed by atoms with Gasteiger partial charge in [-0.25, -0.2) is 0 Å². The van der Waals surface area contributed by atoms with E-state index in [1.165, 1.54) is 11.1 Å². The molecule has 0 saturated carbocycles. The molecular formula is C13H15N3O. The van der Waals surface area contributed by atoms with Crippen molar-refractivity contribution in [2.75, 3.05) is 0 Å². The molecule has 2 aliphatic rings. The minimum atomic E-state index is -0.0706. The topological polar surface area (TPSA) is 57.8 Å². The first-order chi connectivity index (χ1) is 8.08. The van der Waals surface area contributed by atoms with Crippen LogP contribution in [0.5, 0.6) is 0 Å². The molecule has 0 fully saturated rings. The van der Waals surface area contributed by atoms with Crippen molar-refractivity contribution in [3.05, 3.63) is 17.8 Å². The quantitative estimate of drug-likeness (QED) is 0.724. The molecular weight excluding hydrogens is 214 g/mol. The van der Waals surface area contributed by atoms with Crippen LogP contribution in [-0.2, 0) is 0 Å². The SMILES string of the molecule is CC(C)[C@@H](C)NC(=O)c1[nH]nc2c3cc-3cc12. The standard InChI is InChI=1S/C13H15N3O/c1-6(2)7(3)14-13(17)12-10-5-8-4-9(8)11(10)15-16-12/h4-7H,1-3H3,(H,14,17)(H,15,16)/t7-/m1/s1. The number of hydrogen-bond donors (Lipinski definition) is 2. The Balaban J connectivity index is 1.88. The molecule has 2 N–H and O–H groups in total. The van der Waals surface area contributed by atoms with Gasteiger partial charge in [0, 0.05) is 17.0 Å². The Kier molecular flexibility index (Phi) is 2.02. The third kappa shape index (κ3) is 1.52. The van der Waals surface area contributed by atoms with Crippen LogP contribution in [0.15, 0.2) is 12.1 Å². The second kappa shape index (κ2) is 3.32. The summed E-state index contributed by atoms with van der Waals surface area (Å²) >= 11 is 0. The largest absolute Gasteiger partial charge is 0.348 e. The van der Waals surface area contributed by atoms with Crippen molar-refractivity contribution in [1.82, 2.24) is 15.5 Å². The van der Waals surface area contributed by atoms with Gasteiger partial charge in [-0.1, -0.05) is 13.8 Å². The molecule has 0 spiro atoms. The van der Waals surface area contributed by atoms with Crippen LogP contribution >= 0.6 is 0 Å². The molecule has 1 heterocycles. The smallest absolute Gasteiger partial charge is 0.270 e. The zero-order valence-corrected chi connectivity index (χ0v) is 10.2. The summed E-state index contributed by atoms with van der Waals surface area (Å²) in [5, 5.41) is 10.9. The number of aromatic amines is 1. The first kappa shape index (κ1) is 10.3. The number of amides is 1. The first-order valence-electron chi connectivity index (χ1n) is 5.91. The lowest BCUT2D eigenvalue weighted by Crippen LogP contribution is -2.36. The molecule has 4 heteroatoms. The molecule has 0 aliphatic heterocycles. The van der Waals surface area contributed by atoms with E-state index in [4.69, 9.17) is 0 Å². The van der Waals surface area contributed by atoms with Gasteiger partial charge < -0.3 is 5.32 Å². The molecule has 88 valence electrons. The Bertz CT molecular complexity index is 612. The van der Waals surface area contributed by atoms with Gasteiger partial charge in [-0.15, -0.1) is 0 Å². The predicted octanol–water partition coefficient (Wildman–Crippen LogP) is 2.32. The van der Waals surface area contributed by atoms with Crippen LogP contribution < -0.4 is 5.32 Å². The van der Waals surface area contributed by atoms with Crippen molar-refractivity contribution in [2.24, 2.45) is 5.92 Å². The zero-order chi connectivity index (χ0) is 12.2. The maximum atomic E-state index is 12.1. The summed E-state index contributed by atoms with van der Waals surface area (Å²) in [6, 6.07) is 4.24. The van der Waals surface area contributed by atoms with Gasteiger partial charge >= 0.3 is 0 Å². The molecule has 4 nitrogen and oxygen atoms in total. The highest BCUT2D eigenvalue weighted by atomic mass is 16.2. The minimum Gasteiger partial charge on any atom is -0.348 e. The highest BCUT2D eigenvalue weighted by Crippen LogP contribution is 2.42. The summed E-state index contributed by atoms with van der Waals surface area (Å²) in [6.45, 7) is 6.19.